The third kappa shape index (κ3) is 5.17. The summed E-state index contributed by atoms with van der Waals surface area (Å²) in [6.45, 7) is 3.39. The Hall–Kier alpha value is -0.830. The Kier molecular flexibility index (Phi) is 3.88. The fourth-order valence-electron chi connectivity index (χ4n) is 0.230. The molecule has 0 amide bonds. The molecule has 0 saturated heterocycles. The number of carbonyl (C=O) groups is 1. The molecule has 0 aliphatic heterocycles. The Morgan fingerprint density at radius 3 is 2.88 bits per heavy atom. The molecule has 0 rings (SSSR count). The van der Waals surface area contributed by atoms with E-state index in [4.69, 9.17) is 5.11 Å². The van der Waals surface area contributed by atoms with Crippen LogP contribution >= 0.6 is 0 Å². The van der Waals surface area contributed by atoms with Gasteiger partial charge in [-0.1, -0.05) is 6.08 Å². The van der Waals surface area contributed by atoms with Crippen molar-refractivity contribution < 1.29 is 14.6 Å². The summed E-state index contributed by atoms with van der Waals surface area (Å²) in [5, 5.41) is 7.98. The van der Waals surface area contributed by atoms with E-state index in [0.29, 0.717) is 6.61 Å². The van der Waals surface area contributed by atoms with Gasteiger partial charge in [0.05, 0.1) is 6.61 Å². The molecule has 3 nitrogen and oxygen atoms in total. The fourth-order valence-corrected chi connectivity index (χ4v) is 0.230. The standard InChI is InChI=1S/C5H8O3/c1-2-3-8-4-5(6)7/h2H,1,3-4H2,(H,6,7). The lowest BCUT2D eigenvalue weighted by Crippen LogP contribution is -2.06. The monoisotopic (exact) mass is 116 g/mol. The first-order valence-electron chi connectivity index (χ1n) is 2.18. The minimum Gasteiger partial charge on any atom is -0.480 e. The van der Waals surface area contributed by atoms with Crippen molar-refractivity contribution in [3.8, 4) is 0 Å². The molecule has 0 radical (unpaired) electrons. The van der Waals surface area contributed by atoms with Crippen molar-refractivity contribution >= 4 is 5.97 Å². The molecule has 0 aliphatic rings. The molecule has 0 aromatic heterocycles. The van der Waals surface area contributed by atoms with E-state index in [2.05, 4.69) is 11.3 Å². The van der Waals surface area contributed by atoms with Crippen LogP contribution in [0.25, 0.3) is 0 Å². The summed E-state index contributed by atoms with van der Waals surface area (Å²) >= 11 is 0. The van der Waals surface area contributed by atoms with Gasteiger partial charge >= 0.3 is 5.97 Å². The fraction of sp³-hybridized carbons (Fsp3) is 0.400. The molecular weight excluding hydrogens is 108 g/mol. The summed E-state index contributed by atoms with van der Waals surface area (Å²) in [7, 11) is 0. The zero-order chi connectivity index (χ0) is 6.41. The largest absolute Gasteiger partial charge is 0.480 e. The number of carboxylic acids is 1. The topological polar surface area (TPSA) is 46.5 Å². The van der Waals surface area contributed by atoms with Crippen LogP contribution in [-0.2, 0) is 9.53 Å². The minimum atomic E-state index is -0.952. The van der Waals surface area contributed by atoms with Gasteiger partial charge in [-0.3, -0.25) is 0 Å². The highest BCUT2D eigenvalue weighted by Crippen LogP contribution is 1.72. The van der Waals surface area contributed by atoms with Gasteiger partial charge in [-0.2, -0.15) is 0 Å². The van der Waals surface area contributed by atoms with Crippen LogP contribution in [0.4, 0.5) is 0 Å². The highest BCUT2D eigenvalue weighted by Gasteiger charge is 1.91. The average Bonchev–Trinajstić information content (AvgIpc) is 1.66. The molecule has 0 spiro atoms. The SMILES string of the molecule is C=CCOCC(=O)O. The van der Waals surface area contributed by atoms with Gasteiger partial charge in [0.25, 0.3) is 0 Å². The zero-order valence-corrected chi connectivity index (χ0v) is 4.46. The molecule has 0 aliphatic carbocycles. The van der Waals surface area contributed by atoms with Gasteiger partial charge in [0, 0.05) is 0 Å². The van der Waals surface area contributed by atoms with Crippen molar-refractivity contribution in [3.05, 3.63) is 12.7 Å². The molecule has 3 heteroatoms. The zero-order valence-electron chi connectivity index (χ0n) is 4.46. The van der Waals surface area contributed by atoms with Crippen molar-refractivity contribution in [1.29, 1.82) is 0 Å². The number of carboxylic acid groups (broad SMARTS) is 1. The van der Waals surface area contributed by atoms with Gasteiger partial charge in [-0.05, 0) is 0 Å². The van der Waals surface area contributed by atoms with Crippen molar-refractivity contribution in [3.63, 3.8) is 0 Å². The quantitative estimate of drug-likeness (QED) is 0.423. The summed E-state index contributed by atoms with van der Waals surface area (Å²) in [6.07, 6.45) is 1.50. The minimum absolute atomic E-state index is 0.244. The molecule has 0 heterocycles. The molecule has 1 N–H and O–H groups in total. The summed E-state index contributed by atoms with van der Waals surface area (Å²) in [6, 6.07) is 0. The molecule has 8 heavy (non-hydrogen) atoms. The van der Waals surface area contributed by atoms with E-state index in [1.54, 1.807) is 0 Å². The second-order valence-corrected chi connectivity index (χ2v) is 1.20. The number of aliphatic carboxylic acids is 1. The molecule has 0 aromatic carbocycles. The third-order valence-electron chi connectivity index (χ3n) is 0.461. The first-order valence-corrected chi connectivity index (χ1v) is 2.18. The van der Waals surface area contributed by atoms with Crippen molar-refractivity contribution in [2.75, 3.05) is 13.2 Å². The van der Waals surface area contributed by atoms with Crippen LogP contribution in [0.2, 0.25) is 0 Å². The molecule has 0 saturated carbocycles. The van der Waals surface area contributed by atoms with Crippen LogP contribution in [0.1, 0.15) is 0 Å². The second kappa shape index (κ2) is 4.33. The molecule has 0 fully saturated rings. The van der Waals surface area contributed by atoms with Gasteiger partial charge in [0.1, 0.15) is 6.61 Å². The molecule has 0 aromatic rings. The van der Waals surface area contributed by atoms with Crippen molar-refractivity contribution in [1.82, 2.24) is 0 Å². The molecular formula is C5H8O3. The van der Waals surface area contributed by atoms with Gasteiger partial charge in [-0.25, -0.2) is 4.79 Å². The average molecular weight is 116 g/mol. The van der Waals surface area contributed by atoms with Crippen LogP contribution in [0.5, 0.6) is 0 Å². The van der Waals surface area contributed by atoms with Crippen molar-refractivity contribution in [2.45, 2.75) is 0 Å². The Morgan fingerprint density at radius 1 is 1.88 bits per heavy atom. The maximum absolute atomic E-state index is 9.71. The molecule has 0 bridgehead atoms. The smallest absolute Gasteiger partial charge is 0.329 e. The Bertz CT molecular complexity index is 87.7. The number of ether oxygens (including phenoxy) is 1. The Morgan fingerprint density at radius 2 is 2.50 bits per heavy atom. The van der Waals surface area contributed by atoms with Crippen LogP contribution in [0, 0.1) is 0 Å². The molecule has 0 unspecified atom stereocenters. The molecule has 46 valence electrons. The lowest BCUT2D eigenvalue weighted by Gasteiger charge is -1.91. The third-order valence-corrected chi connectivity index (χ3v) is 0.461. The maximum Gasteiger partial charge on any atom is 0.329 e. The lowest BCUT2D eigenvalue weighted by molar-refractivity contribution is -0.141. The van der Waals surface area contributed by atoms with E-state index in [0.717, 1.165) is 0 Å². The van der Waals surface area contributed by atoms with Gasteiger partial charge in [-0.15, -0.1) is 6.58 Å². The van der Waals surface area contributed by atoms with E-state index < -0.39 is 5.97 Å². The van der Waals surface area contributed by atoms with Crippen LogP contribution in [0.3, 0.4) is 0 Å². The predicted octanol–water partition coefficient (Wildman–Crippen LogP) is 0.274. The first kappa shape index (κ1) is 7.17. The predicted molar refractivity (Wildman–Crippen MR) is 28.7 cm³/mol. The van der Waals surface area contributed by atoms with E-state index in [9.17, 15) is 4.79 Å². The number of rotatable bonds is 4. The normalized spacial score (nSPS) is 8.50. The first-order chi connectivity index (χ1) is 3.77. The Balaban J connectivity index is 2.93. The highest BCUT2D eigenvalue weighted by molar-refractivity contribution is 5.67. The lowest BCUT2D eigenvalue weighted by atomic mass is 10.7. The Labute approximate surface area is 47.6 Å². The van der Waals surface area contributed by atoms with Crippen LogP contribution in [-0.4, -0.2) is 24.3 Å². The summed E-state index contributed by atoms with van der Waals surface area (Å²) < 4.78 is 4.53. The van der Waals surface area contributed by atoms with Gasteiger partial charge in [0.15, 0.2) is 0 Å². The maximum atomic E-state index is 9.71. The van der Waals surface area contributed by atoms with Crippen LogP contribution < -0.4 is 0 Å². The highest BCUT2D eigenvalue weighted by atomic mass is 16.5. The summed E-state index contributed by atoms with van der Waals surface area (Å²) in [4.78, 5) is 9.71. The summed E-state index contributed by atoms with van der Waals surface area (Å²) in [5.41, 5.74) is 0. The molecule has 0 atom stereocenters. The van der Waals surface area contributed by atoms with E-state index in [1.165, 1.54) is 6.08 Å². The van der Waals surface area contributed by atoms with Gasteiger partial charge < -0.3 is 9.84 Å². The van der Waals surface area contributed by atoms with Crippen molar-refractivity contribution in [2.24, 2.45) is 0 Å². The second-order valence-electron chi connectivity index (χ2n) is 1.20. The van der Waals surface area contributed by atoms with Crippen LogP contribution in [0.15, 0.2) is 12.7 Å². The summed E-state index contributed by atoms with van der Waals surface area (Å²) in [5.74, 6) is -0.952. The number of hydrogen-bond donors (Lipinski definition) is 1. The van der Waals surface area contributed by atoms with E-state index in [1.807, 2.05) is 0 Å². The van der Waals surface area contributed by atoms with E-state index in [-0.39, 0.29) is 6.61 Å². The van der Waals surface area contributed by atoms with Gasteiger partial charge in [0.2, 0.25) is 0 Å². The van der Waals surface area contributed by atoms with E-state index >= 15 is 0 Å². The number of hydrogen-bond acceptors (Lipinski definition) is 2.